The van der Waals surface area contributed by atoms with E-state index in [0.717, 1.165) is 37.9 Å². The molecule has 0 unspecified atom stereocenters. The largest absolute Gasteiger partial charge is 0.331 e. The molecule has 2 aliphatic rings. The number of carbonyl (C=O) groups is 1. The average molecular weight is 364 g/mol. The van der Waals surface area contributed by atoms with Gasteiger partial charge >= 0.3 is 6.03 Å². The number of nitrogens with one attached hydrogen (secondary N) is 1. The summed E-state index contributed by atoms with van der Waals surface area (Å²) in [5.74, 6) is 0. The fourth-order valence-corrected chi connectivity index (χ4v) is 4.77. The molecule has 1 saturated heterocycles. The van der Waals surface area contributed by atoms with E-state index in [0.29, 0.717) is 6.54 Å². The lowest BCUT2D eigenvalue weighted by Gasteiger charge is -2.48. The second-order valence-corrected chi connectivity index (χ2v) is 8.18. The van der Waals surface area contributed by atoms with Gasteiger partial charge in [-0.05, 0) is 57.5 Å². The quantitative estimate of drug-likeness (QED) is 0.905. The lowest BCUT2D eigenvalue weighted by atomic mass is 9.69. The molecule has 5 heteroatoms. The molecule has 2 fully saturated rings. The van der Waals surface area contributed by atoms with E-state index in [-0.39, 0.29) is 17.1 Å². The first-order valence-corrected chi connectivity index (χ1v) is 9.73. The Labute approximate surface area is 161 Å². The zero-order chi connectivity index (χ0) is 18.9. The van der Waals surface area contributed by atoms with E-state index in [4.69, 9.17) is 0 Å². The summed E-state index contributed by atoms with van der Waals surface area (Å²) in [6.07, 6.45) is 5.85. The Morgan fingerprint density at radius 3 is 2.37 bits per heavy atom. The van der Waals surface area contributed by atoms with Crippen molar-refractivity contribution < 1.29 is 4.79 Å². The van der Waals surface area contributed by atoms with Crippen LogP contribution in [0.15, 0.2) is 54.7 Å². The summed E-state index contributed by atoms with van der Waals surface area (Å²) in [6, 6.07) is 16.7. The molecule has 2 aromatic rings. The van der Waals surface area contributed by atoms with E-state index < -0.39 is 0 Å². The van der Waals surface area contributed by atoms with Gasteiger partial charge in [-0.2, -0.15) is 0 Å². The average Bonchev–Trinajstić information content (AvgIpc) is 2.99. The normalized spacial score (nSPS) is 28.0. The minimum Gasteiger partial charge on any atom is -0.331 e. The van der Waals surface area contributed by atoms with Crippen molar-refractivity contribution in [2.24, 2.45) is 0 Å². The third-order valence-corrected chi connectivity index (χ3v) is 6.43. The zero-order valence-electron chi connectivity index (χ0n) is 16.2. The summed E-state index contributed by atoms with van der Waals surface area (Å²) in [5.41, 5.74) is 2.25. The molecule has 2 heterocycles. The van der Waals surface area contributed by atoms with Gasteiger partial charge < -0.3 is 10.2 Å². The predicted molar refractivity (Wildman–Crippen MR) is 106 cm³/mol. The van der Waals surface area contributed by atoms with E-state index >= 15 is 0 Å². The van der Waals surface area contributed by atoms with Gasteiger partial charge in [-0.15, -0.1) is 0 Å². The first-order valence-electron chi connectivity index (χ1n) is 9.73. The highest BCUT2D eigenvalue weighted by Crippen LogP contribution is 2.45. The Kier molecular flexibility index (Phi) is 4.64. The summed E-state index contributed by atoms with van der Waals surface area (Å²) in [4.78, 5) is 21.2. The van der Waals surface area contributed by atoms with Gasteiger partial charge in [0.15, 0.2) is 0 Å². The van der Waals surface area contributed by atoms with Crippen LogP contribution in [0.5, 0.6) is 0 Å². The predicted octanol–water partition coefficient (Wildman–Crippen LogP) is 3.38. The molecule has 27 heavy (non-hydrogen) atoms. The second-order valence-electron chi connectivity index (χ2n) is 8.18. The molecule has 1 aromatic heterocycles. The van der Waals surface area contributed by atoms with Crippen molar-refractivity contribution in [3.63, 3.8) is 0 Å². The van der Waals surface area contributed by atoms with Crippen LogP contribution in [0.25, 0.3) is 0 Å². The van der Waals surface area contributed by atoms with E-state index in [2.05, 4.69) is 59.6 Å². The number of nitrogens with zero attached hydrogens (tertiary/aromatic N) is 3. The number of aromatic nitrogens is 1. The number of rotatable bonds is 4. The van der Waals surface area contributed by atoms with Crippen LogP contribution in [0.3, 0.4) is 0 Å². The highest BCUT2D eigenvalue weighted by atomic mass is 16.2. The number of hydrogen-bond donors (Lipinski definition) is 1. The first kappa shape index (κ1) is 18.0. The molecule has 4 rings (SSSR count). The lowest BCUT2D eigenvalue weighted by molar-refractivity contribution is 0.0617. The van der Waals surface area contributed by atoms with Gasteiger partial charge in [0, 0.05) is 18.3 Å². The lowest BCUT2D eigenvalue weighted by Crippen LogP contribution is -2.54. The number of carbonyl (C=O) groups excluding carboxylic acids is 1. The highest BCUT2D eigenvalue weighted by molar-refractivity contribution is 5.78. The van der Waals surface area contributed by atoms with E-state index in [1.807, 2.05) is 23.1 Å². The van der Waals surface area contributed by atoms with Crippen molar-refractivity contribution >= 4 is 6.03 Å². The number of amides is 2. The van der Waals surface area contributed by atoms with Gasteiger partial charge in [0.05, 0.1) is 17.8 Å². The highest BCUT2D eigenvalue weighted by Gasteiger charge is 2.49. The van der Waals surface area contributed by atoms with Crippen molar-refractivity contribution in [3.8, 4) is 0 Å². The molecule has 1 aliphatic carbocycles. The second kappa shape index (κ2) is 6.97. The maximum absolute atomic E-state index is 12.6. The number of urea groups is 1. The molecule has 1 N–H and O–H groups in total. The Balaban J connectivity index is 1.49. The molecule has 0 bridgehead atoms. The Morgan fingerprint density at radius 1 is 1.04 bits per heavy atom. The molecule has 0 radical (unpaired) electrons. The van der Waals surface area contributed by atoms with Crippen LogP contribution in [0, 0.1) is 0 Å². The summed E-state index contributed by atoms with van der Waals surface area (Å²) in [6.45, 7) is 1.34. The van der Waals surface area contributed by atoms with Crippen molar-refractivity contribution in [2.75, 3.05) is 20.6 Å². The Bertz CT molecular complexity index is 782. The smallest absolute Gasteiger partial charge is 0.318 e. The molecular weight excluding hydrogens is 336 g/mol. The molecule has 1 aromatic carbocycles. The monoisotopic (exact) mass is 364 g/mol. The van der Waals surface area contributed by atoms with Crippen LogP contribution < -0.4 is 5.32 Å². The summed E-state index contributed by atoms with van der Waals surface area (Å²) < 4.78 is 0. The van der Waals surface area contributed by atoms with Gasteiger partial charge in [0.1, 0.15) is 0 Å². The minimum atomic E-state index is -0.111. The number of benzene rings is 1. The van der Waals surface area contributed by atoms with Crippen molar-refractivity contribution in [1.82, 2.24) is 20.1 Å². The third-order valence-electron chi connectivity index (χ3n) is 6.43. The Hall–Kier alpha value is -2.40. The summed E-state index contributed by atoms with van der Waals surface area (Å²) in [5, 5.41) is 3.31. The zero-order valence-corrected chi connectivity index (χ0v) is 16.2. The standard InChI is InChI=1S/C22H28N4O/c1-25(2)22(18-8-4-3-5-9-18)13-11-21(12-14-22)17-26(20(27)24-21)16-19-10-6-7-15-23-19/h3-10,15H,11-14,16-17H2,1-2H3,(H,24,27)/t21-,22+. The van der Waals surface area contributed by atoms with Crippen LogP contribution in [0.2, 0.25) is 0 Å². The molecular formula is C22H28N4O. The topological polar surface area (TPSA) is 48.5 Å². The van der Waals surface area contributed by atoms with Crippen molar-refractivity contribution in [3.05, 3.63) is 66.0 Å². The molecule has 1 saturated carbocycles. The van der Waals surface area contributed by atoms with Crippen LogP contribution in [0.4, 0.5) is 4.79 Å². The summed E-state index contributed by atoms with van der Waals surface area (Å²) >= 11 is 0. The van der Waals surface area contributed by atoms with Crippen LogP contribution >= 0.6 is 0 Å². The number of hydrogen-bond acceptors (Lipinski definition) is 3. The minimum absolute atomic E-state index is 0.0396. The molecule has 142 valence electrons. The van der Waals surface area contributed by atoms with Gasteiger partial charge in [-0.3, -0.25) is 9.88 Å². The van der Waals surface area contributed by atoms with Crippen molar-refractivity contribution in [1.29, 1.82) is 0 Å². The molecule has 5 nitrogen and oxygen atoms in total. The molecule has 0 atom stereocenters. The van der Waals surface area contributed by atoms with Gasteiger partial charge in [0.25, 0.3) is 0 Å². The molecule has 1 spiro atoms. The summed E-state index contributed by atoms with van der Waals surface area (Å²) in [7, 11) is 4.34. The first-order chi connectivity index (χ1) is 13.0. The molecule has 1 aliphatic heterocycles. The van der Waals surface area contributed by atoms with Crippen molar-refractivity contribution in [2.45, 2.75) is 43.3 Å². The SMILES string of the molecule is CN(C)[C@]1(c2ccccc2)CC[C@]2(CC1)CN(Cc1ccccn1)C(=O)N2. The maximum Gasteiger partial charge on any atom is 0.318 e. The van der Waals surface area contributed by atoms with E-state index in [9.17, 15) is 4.79 Å². The van der Waals surface area contributed by atoms with Gasteiger partial charge in [0.2, 0.25) is 0 Å². The fraction of sp³-hybridized carbons (Fsp3) is 0.455. The van der Waals surface area contributed by atoms with Gasteiger partial charge in [-0.25, -0.2) is 4.79 Å². The Morgan fingerprint density at radius 2 is 1.74 bits per heavy atom. The number of pyridine rings is 1. The fourth-order valence-electron chi connectivity index (χ4n) is 4.77. The van der Waals surface area contributed by atoms with E-state index in [1.165, 1.54) is 5.56 Å². The third kappa shape index (κ3) is 3.32. The van der Waals surface area contributed by atoms with Crippen LogP contribution in [0.1, 0.15) is 36.9 Å². The van der Waals surface area contributed by atoms with Crippen LogP contribution in [-0.2, 0) is 12.1 Å². The van der Waals surface area contributed by atoms with Gasteiger partial charge in [-0.1, -0.05) is 36.4 Å². The maximum atomic E-state index is 12.6. The molecule has 2 amide bonds. The van der Waals surface area contributed by atoms with E-state index in [1.54, 1.807) is 6.20 Å². The van der Waals surface area contributed by atoms with Crippen LogP contribution in [-0.4, -0.2) is 47.0 Å².